The van der Waals surface area contributed by atoms with Gasteiger partial charge in [-0.3, -0.25) is 0 Å². The van der Waals surface area contributed by atoms with Crippen molar-refractivity contribution in [2.75, 3.05) is 0 Å². The molecule has 0 bridgehead atoms. The van der Waals surface area contributed by atoms with Crippen LogP contribution >= 0.6 is 32.3 Å². The van der Waals surface area contributed by atoms with Crippen LogP contribution in [-0.4, -0.2) is 2.97 Å². The molecule has 0 unspecified atom stereocenters. The van der Waals surface area contributed by atoms with Crippen LogP contribution in [0.2, 0.25) is 0 Å². The molecule has 0 saturated carbocycles. The Bertz CT molecular complexity index is 178. The van der Waals surface area contributed by atoms with Crippen LogP contribution < -0.4 is 0 Å². The van der Waals surface area contributed by atoms with Gasteiger partial charge >= 0.3 is 0 Å². The van der Waals surface area contributed by atoms with E-state index in [0.29, 0.717) is 2.97 Å². The Kier molecular flexibility index (Phi) is 2.19. The lowest BCUT2D eigenvalue weighted by Crippen LogP contribution is -1.77. The summed E-state index contributed by atoms with van der Waals surface area (Å²) >= 11 is 5.32. The van der Waals surface area contributed by atoms with Crippen molar-refractivity contribution in [3.8, 4) is 0 Å². The van der Waals surface area contributed by atoms with Crippen molar-refractivity contribution in [3.63, 3.8) is 0 Å². The minimum Gasteiger partial charge on any atom is -0.207 e. The summed E-state index contributed by atoms with van der Waals surface area (Å²) in [6, 6.07) is 0. The largest absolute Gasteiger partial charge is 0.207 e. The Balaban J connectivity index is 2.89. The third kappa shape index (κ3) is 1.67. The Hall–Kier alpha value is 0.300. The molecule has 0 spiro atoms. The molecule has 1 aliphatic heterocycles. The van der Waals surface area contributed by atoms with Crippen molar-refractivity contribution in [1.82, 2.24) is 0 Å². The minimum absolute atomic E-state index is 0.190. The van der Waals surface area contributed by atoms with Crippen LogP contribution in [0.25, 0.3) is 0 Å². The minimum atomic E-state index is -0.235. The molecule has 0 saturated heterocycles. The highest BCUT2D eigenvalue weighted by Gasteiger charge is 1.94. The molecule has 3 heteroatoms. The van der Waals surface area contributed by atoms with Crippen LogP contribution in [0, 0.1) is 0 Å². The first-order valence-electron chi connectivity index (χ1n) is 1.98. The molecule has 1 aliphatic rings. The molecule has 0 aromatic rings. The van der Waals surface area contributed by atoms with E-state index in [9.17, 15) is 4.39 Å². The van der Waals surface area contributed by atoms with Crippen molar-refractivity contribution >= 4 is 35.3 Å². The van der Waals surface area contributed by atoms with E-state index in [1.807, 2.05) is 0 Å². The lowest BCUT2D eigenvalue weighted by atomic mass is 10.5. The summed E-state index contributed by atoms with van der Waals surface area (Å²) in [6.45, 7) is 0. The van der Waals surface area contributed by atoms with E-state index in [0.717, 1.165) is 0 Å². The third-order valence-electron chi connectivity index (χ3n) is 0.636. The van der Waals surface area contributed by atoms with Gasteiger partial charge in [0.05, 0.1) is 2.97 Å². The molecule has 0 fully saturated rings. The molecule has 0 amide bonds. The average Bonchev–Trinajstić information content (AvgIpc) is 1.64. The van der Waals surface area contributed by atoms with Gasteiger partial charge in [-0.05, 0) is 16.2 Å². The van der Waals surface area contributed by atoms with E-state index < -0.39 is 0 Å². The summed E-state index contributed by atoms with van der Waals surface area (Å²) in [6.07, 6.45) is 2.83. The third-order valence-corrected chi connectivity index (χ3v) is 2.92. The number of halogens is 3. The maximum absolute atomic E-state index is 12.1. The second-order valence-corrected chi connectivity index (χ2v) is 4.77. The summed E-state index contributed by atoms with van der Waals surface area (Å²) in [5, 5.41) is 0. The number of hydrogen-bond acceptors (Lipinski definition) is 0. The Morgan fingerprint density at radius 1 is 1.62 bits per heavy atom. The Labute approximate surface area is 61.8 Å². The molecule has 0 aliphatic carbocycles. The molecule has 0 aromatic carbocycles. The smallest absolute Gasteiger partial charge is 0.125 e. The fourth-order valence-electron chi connectivity index (χ4n) is 0.336. The van der Waals surface area contributed by atoms with Crippen molar-refractivity contribution in [2.24, 2.45) is 0 Å². The fourth-order valence-corrected chi connectivity index (χ4v) is 2.10. The molecule has 8 heavy (non-hydrogen) atoms. The maximum Gasteiger partial charge on any atom is 0.125 e. The van der Waals surface area contributed by atoms with E-state index >= 15 is 0 Å². The maximum atomic E-state index is 12.1. The lowest BCUT2D eigenvalue weighted by molar-refractivity contribution is 0.669. The predicted molar refractivity (Wildman–Crippen MR) is 43.2 cm³/mol. The SMILES string of the molecule is FC1=CC(Cl)=IC=C1. The zero-order valence-corrected chi connectivity index (χ0v) is 6.78. The molecule has 0 atom stereocenters. The van der Waals surface area contributed by atoms with Gasteiger partial charge < -0.3 is 0 Å². The van der Waals surface area contributed by atoms with Gasteiger partial charge in [0.1, 0.15) is 5.83 Å². The van der Waals surface area contributed by atoms with Gasteiger partial charge in [-0.2, -0.15) is 0 Å². The summed E-state index contributed by atoms with van der Waals surface area (Å²) < 4.78 is 14.6. The monoisotopic (exact) mass is 244 g/mol. The second kappa shape index (κ2) is 2.73. The molecular formula is C5H3ClFI. The first kappa shape index (κ1) is 6.42. The fraction of sp³-hybridized carbons (Fsp3) is 0. The van der Waals surface area contributed by atoms with Crippen LogP contribution in [-0.2, 0) is 0 Å². The Morgan fingerprint density at radius 3 is 2.75 bits per heavy atom. The molecule has 44 valence electrons. The van der Waals surface area contributed by atoms with E-state index in [4.69, 9.17) is 11.6 Å². The number of hydrogen-bond donors (Lipinski definition) is 0. The van der Waals surface area contributed by atoms with Gasteiger partial charge in [-0.15, -0.1) is 0 Å². The van der Waals surface area contributed by atoms with Gasteiger partial charge in [0, 0.05) is 0 Å². The highest BCUT2D eigenvalue weighted by molar-refractivity contribution is 14.2. The summed E-state index contributed by atoms with van der Waals surface area (Å²) in [4.78, 5) is 0. The summed E-state index contributed by atoms with van der Waals surface area (Å²) in [5.74, 6) is -0.235. The highest BCUT2D eigenvalue weighted by Crippen LogP contribution is 2.17. The molecule has 1 rings (SSSR count). The molecule has 0 nitrogen and oxygen atoms in total. The van der Waals surface area contributed by atoms with Crippen molar-refractivity contribution in [2.45, 2.75) is 0 Å². The van der Waals surface area contributed by atoms with Crippen LogP contribution in [0.1, 0.15) is 0 Å². The van der Waals surface area contributed by atoms with E-state index in [1.165, 1.54) is 12.2 Å². The molecule has 0 radical (unpaired) electrons. The Morgan fingerprint density at radius 2 is 2.38 bits per heavy atom. The van der Waals surface area contributed by atoms with Crippen molar-refractivity contribution in [1.29, 1.82) is 0 Å². The van der Waals surface area contributed by atoms with Crippen molar-refractivity contribution in [3.05, 3.63) is 22.1 Å². The molecule has 1 heterocycles. The molecule has 0 aromatic heterocycles. The zero-order chi connectivity index (χ0) is 5.98. The van der Waals surface area contributed by atoms with Gasteiger partial charge in [-0.1, -0.05) is 32.3 Å². The first-order valence-corrected chi connectivity index (χ1v) is 4.69. The first-order chi connectivity index (χ1) is 3.79. The van der Waals surface area contributed by atoms with Gasteiger partial charge in [-0.25, -0.2) is 4.39 Å². The predicted octanol–water partition coefficient (Wildman–Crippen LogP) is 2.71. The number of rotatable bonds is 0. The van der Waals surface area contributed by atoms with Gasteiger partial charge in [0.15, 0.2) is 0 Å². The van der Waals surface area contributed by atoms with Gasteiger partial charge in [0.25, 0.3) is 0 Å². The topological polar surface area (TPSA) is 0 Å². The normalized spacial score (nSPS) is 18.8. The molecular weight excluding hydrogens is 241 g/mol. The van der Waals surface area contributed by atoms with Crippen molar-refractivity contribution < 1.29 is 4.39 Å². The second-order valence-electron chi connectivity index (χ2n) is 1.22. The average molecular weight is 244 g/mol. The van der Waals surface area contributed by atoms with Crippen LogP contribution in [0.4, 0.5) is 4.39 Å². The van der Waals surface area contributed by atoms with E-state index in [-0.39, 0.29) is 26.6 Å². The number of allylic oxidation sites excluding steroid dienone is 3. The van der Waals surface area contributed by atoms with Gasteiger partial charge in [0.2, 0.25) is 0 Å². The lowest BCUT2D eigenvalue weighted by Gasteiger charge is -1.90. The standard InChI is InChI=1S/C5H3ClFI/c6-5-3-4(7)1-2-8-5/h1-3H. The van der Waals surface area contributed by atoms with Crippen LogP contribution in [0.3, 0.4) is 0 Å². The quantitative estimate of drug-likeness (QED) is 0.575. The van der Waals surface area contributed by atoms with E-state index in [2.05, 4.69) is 0 Å². The summed E-state index contributed by atoms with van der Waals surface area (Å²) in [7, 11) is 0. The van der Waals surface area contributed by atoms with Crippen LogP contribution in [0.5, 0.6) is 0 Å². The molecule has 0 N–H and O–H groups in total. The van der Waals surface area contributed by atoms with E-state index in [1.54, 1.807) is 4.08 Å². The highest BCUT2D eigenvalue weighted by atomic mass is 127. The summed E-state index contributed by atoms with van der Waals surface area (Å²) in [5.41, 5.74) is 0. The zero-order valence-electron chi connectivity index (χ0n) is 3.87. The van der Waals surface area contributed by atoms with Crippen LogP contribution in [0.15, 0.2) is 22.1 Å².